The van der Waals surface area contributed by atoms with Gasteiger partial charge < -0.3 is 15.6 Å². The van der Waals surface area contributed by atoms with Crippen LogP contribution in [-0.4, -0.2) is 22.0 Å². The highest BCUT2D eigenvalue weighted by molar-refractivity contribution is 6.35. The number of carbonyl (C=O) groups is 1. The van der Waals surface area contributed by atoms with E-state index in [-0.39, 0.29) is 5.91 Å². The molecule has 0 saturated carbocycles. The van der Waals surface area contributed by atoms with E-state index in [1.165, 1.54) is 0 Å². The number of nitrogens with one attached hydrogen (secondary N) is 1. The number of benzene rings is 1. The van der Waals surface area contributed by atoms with E-state index in [2.05, 4.69) is 10.3 Å². The number of nitrogens with two attached hydrogens (primary N) is 1. The molecule has 0 saturated heterocycles. The van der Waals surface area contributed by atoms with Gasteiger partial charge in [-0.15, -0.1) is 0 Å². The lowest BCUT2D eigenvalue weighted by molar-refractivity contribution is -0.121. The van der Waals surface area contributed by atoms with E-state index in [9.17, 15) is 4.79 Å². The molecule has 1 heterocycles. The number of fused-ring (bicyclic) bond motifs is 1. The highest BCUT2D eigenvalue weighted by Gasteiger charge is 2.11. The Morgan fingerprint density at radius 3 is 3.06 bits per heavy atom. The molecule has 3 N–H and O–H groups in total. The lowest BCUT2D eigenvalue weighted by atomic mass is 10.3. The molecule has 96 valence electrons. The van der Waals surface area contributed by atoms with E-state index >= 15 is 0 Å². The maximum atomic E-state index is 11.4. The van der Waals surface area contributed by atoms with Crippen molar-refractivity contribution in [1.82, 2.24) is 14.9 Å². The van der Waals surface area contributed by atoms with E-state index < -0.39 is 0 Å². The number of halogens is 1. The highest BCUT2D eigenvalue weighted by Crippen LogP contribution is 2.24. The number of anilines is 1. The minimum atomic E-state index is 0.000720. The summed E-state index contributed by atoms with van der Waals surface area (Å²) in [6.07, 6.45) is 0.371. The Morgan fingerprint density at radius 2 is 2.33 bits per heavy atom. The van der Waals surface area contributed by atoms with Gasteiger partial charge in [-0.2, -0.15) is 0 Å². The molecule has 1 aromatic heterocycles. The van der Waals surface area contributed by atoms with Crippen LogP contribution in [0.5, 0.6) is 0 Å². The molecule has 0 aliphatic carbocycles. The van der Waals surface area contributed by atoms with Crippen LogP contribution in [0.25, 0.3) is 11.0 Å². The Kier molecular flexibility index (Phi) is 3.72. The second-order valence-electron chi connectivity index (χ2n) is 3.93. The van der Waals surface area contributed by atoms with E-state index in [0.717, 1.165) is 5.52 Å². The third-order valence-corrected chi connectivity index (χ3v) is 3.00. The Hall–Kier alpha value is -1.75. The van der Waals surface area contributed by atoms with Crippen LogP contribution >= 0.6 is 11.6 Å². The molecule has 0 bridgehead atoms. The van der Waals surface area contributed by atoms with Gasteiger partial charge in [-0.05, 0) is 19.1 Å². The molecule has 6 heteroatoms. The molecule has 5 nitrogen and oxygen atoms in total. The molecular weight excluding hydrogens is 252 g/mol. The van der Waals surface area contributed by atoms with Gasteiger partial charge in [0.15, 0.2) is 0 Å². The van der Waals surface area contributed by atoms with Crippen LogP contribution in [0.3, 0.4) is 0 Å². The zero-order valence-corrected chi connectivity index (χ0v) is 10.9. The van der Waals surface area contributed by atoms with Gasteiger partial charge in [0, 0.05) is 19.5 Å². The van der Waals surface area contributed by atoms with Gasteiger partial charge >= 0.3 is 0 Å². The normalized spacial score (nSPS) is 10.8. The van der Waals surface area contributed by atoms with Gasteiger partial charge in [0.05, 0.1) is 10.5 Å². The number of hydrogen-bond donors (Lipinski definition) is 2. The van der Waals surface area contributed by atoms with Crippen molar-refractivity contribution >= 4 is 34.5 Å². The van der Waals surface area contributed by atoms with Gasteiger partial charge in [-0.1, -0.05) is 17.7 Å². The lowest BCUT2D eigenvalue weighted by Gasteiger charge is -2.06. The third kappa shape index (κ3) is 2.41. The Labute approximate surface area is 110 Å². The Balaban J connectivity index is 2.25. The first-order valence-electron chi connectivity index (χ1n) is 5.80. The van der Waals surface area contributed by atoms with Crippen molar-refractivity contribution in [3.05, 3.63) is 23.2 Å². The van der Waals surface area contributed by atoms with E-state index in [0.29, 0.717) is 36.0 Å². The van der Waals surface area contributed by atoms with Crippen molar-refractivity contribution in [2.75, 3.05) is 12.3 Å². The van der Waals surface area contributed by atoms with Crippen molar-refractivity contribution in [3.63, 3.8) is 0 Å². The number of carbonyl (C=O) groups excluding carboxylic acids is 1. The largest absolute Gasteiger partial charge is 0.369 e. The van der Waals surface area contributed by atoms with Crippen LogP contribution < -0.4 is 11.1 Å². The minimum Gasteiger partial charge on any atom is -0.369 e. The predicted molar refractivity (Wildman–Crippen MR) is 72.5 cm³/mol. The predicted octanol–water partition coefficient (Wildman–Crippen LogP) is 1.80. The number of nitrogens with zero attached hydrogens (tertiary/aromatic N) is 2. The summed E-state index contributed by atoms with van der Waals surface area (Å²) >= 11 is 6.04. The number of amides is 1. The first kappa shape index (κ1) is 12.7. The van der Waals surface area contributed by atoms with Crippen molar-refractivity contribution < 1.29 is 4.79 Å². The summed E-state index contributed by atoms with van der Waals surface area (Å²) < 4.78 is 1.80. The smallest absolute Gasteiger partial charge is 0.221 e. The Morgan fingerprint density at radius 1 is 1.56 bits per heavy atom. The van der Waals surface area contributed by atoms with Crippen LogP contribution in [0.15, 0.2) is 18.2 Å². The number of imidazole rings is 1. The van der Waals surface area contributed by atoms with Gasteiger partial charge in [0.25, 0.3) is 0 Å². The fourth-order valence-corrected chi connectivity index (χ4v) is 2.08. The summed E-state index contributed by atoms with van der Waals surface area (Å²) in [5.74, 6) is 0.378. The topological polar surface area (TPSA) is 72.9 Å². The monoisotopic (exact) mass is 266 g/mol. The zero-order valence-electron chi connectivity index (χ0n) is 10.1. The van der Waals surface area contributed by atoms with Gasteiger partial charge in [-0.25, -0.2) is 4.98 Å². The molecule has 0 atom stereocenters. The zero-order chi connectivity index (χ0) is 13.1. The van der Waals surface area contributed by atoms with Gasteiger partial charge in [-0.3, -0.25) is 4.79 Å². The average Bonchev–Trinajstić information content (AvgIpc) is 2.65. The summed E-state index contributed by atoms with van der Waals surface area (Å²) in [6, 6.07) is 5.50. The molecule has 0 aliphatic rings. The maximum absolute atomic E-state index is 11.4. The minimum absolute atomic E-state index is 0.000720. The number of nitrogen functional groups attached to an aromatic ring is 1. The fraction of sp³-hybridized carbons (Fsp3) is 0.333. The lowest BCUT2D eigenvalue weighted by Crippen LogP contribution is -2.24. The average molecular weight is 267 g/mol. The van der Waals surface area contributed by atoms with E-state index in [1.807, 2.05) is 19.1 Å². The number of aromatic nitrogens is 2. The number of aryl methyl sites for hydroxylation is 1. The summed E-state index contributed by atoms with van der Waals surface area (Å²) in [6.45, 7) is 3.01. The summed E-state index contributed by atoms with van der Waals surface area (Å²) in [5.41, 5.74) is 7.37. The maximum Gasteiger partial charge on any atom is 0.221 e. The number of para-hydroxylation sites is 1. The number of rotatable bonds is 4. The molecule has 2 aromatic rings. The van der Waals surface area contributed by atoms with E-state index in [1.54, 1.807) is 10.6 Å². The molecule has 1 aromatic carbocycles. The van der Waals surface area contributed by atoms with Crippen molar-refractivity contribution in [2.45, 2.75) is 19.9 Å². The molecule has 0 unspecified atom stereocenters. The van der Waals surface area contributed by atoms with E-state index in [4.69, 9.17) is 17.3 Å². The van der Waals surface area contributed by atoms with Crippen molar-refractivity contribution in [3.8, 4) is 0 Å². The second kappa shape index (κ2) is 5.27. The molecule has 2 rings (SSSR count). The molecular formula is C12H15ClN4O. The van der Waals surface area contributed by atoms with Gasteiger partial charge in [0.2, 0.25) is 11.9 Å². The fourth-order valence-electron chi connectivity index (χ4n) is 1.86. The van der Waals surface area contributed by atoms with Gasteiger partial charge in [0.1, 0.15) is 5.52 Å². The first-order valence-corrected chi connectivity index (χ1v) is 6.18. The molecule has 0 spiro atoms. The second-order valence-corrected chi connectivity index (χ2v) is 4.34. The van der Waals surface area contributed by atoms with Crippen LogP contribution in [0.4, 0.5) is 5.95 Å². The van der Waals surface area contributed by atoms with Crippen LogP contribution in [0.2, 0.25) is 5.02 Å². The molecule has 1 amide bonds. The van der Waals surface area contributed by atoms with Crippen LogP contribution in [0.1, 0.15) is 13.3 Å². The summed E-state index contributed by atoms with van der Waals surface area (Å²) in [7, 11) is 0. The molecule has 0 fully saturated rings. The highest BCUT2D eigenvalue weighted by atomic mass is 35.5. The van der Waals surface area contributed by atoms with Crippen LogP contribution in [-0.2, 0) is 11.3 Å². The first-order chi connectivity index (χ1) is 8.63. The molecule has 0 aliphatic heterocycles. The standard InChI is InChI=1S/C12H15ClN4O/c1-2-15-10(18)6-7-17-9-5-3-4-8(13)11(9)16-12(17)14/h3-5H,2,6-7H2,1H3,(H2,14,16)(H,15,18). The van der Waals surface area contributed by atoms with Crippen molar-refractivity contribution in [2.24, 2.45) is 0 Å². The van der Waals surface area contributed by atoms with Crippen LogP contribution in [0, 0.1) is 0 Å². The van der Waals surface area contributed by atoms with Crippen molar-refractivity contribution in [1.29, 1.82) is 0 Å². The summed E-state index contributed by atoms with van der Waals surface area (Å²) in [4.78, 5) is 15.7. The Bertz CT molecular complexity index is 579. The third-order valence-electron chi connectivity index (χ3n) is 2.70. The quantitative estimate of drug-likeness (QED) is 0.886. The summed E-state index contributed by atoms with van der Waals surface area (Å²) in [5, 5.41) is 3.31. The SMILES string of the molecule is CCNC(=O)CCn1c(N)nc2c(Cl)cccc21. The molecule has 18 heavy (non-hydrogen) atoms. The molecule has 0 radical (unpaired) electrons. The number of hydrogen-bond acceptors (Lipinski definition) is 3.